The highest BCUT2D eigenvalue weighted by Gasteiger charge is 2.34. The van der Waals surface area contributed by atoms with Gasteiger partial charge in [-0.1, -0.05) is 0 Å². The molecule has 0 spiro atoms. The highest BCUT2D eigenvalue weighted by molar-refractivity contribution is 5.91. The second kappa shape index (κ2) is 13.1. The maximum atomic E-state index is 15.2. The van der Waals surface area contributed by atoms with Gasteiger partial charge in [-0.15, -0.1) is 0 Å². The largest absolute Gasteiger partial charge is 0.444 e. The zero-order chi connectivity index (χ0) is 32.2. The van der Waals surface area contributed by atoms with Crippen molar-refractivity contribution in [3.63, 3.8) is 0 Å². The Hall–Kier alpha value is -4.95. The molecule has 2 fully saturated rings. The van der Waals surface area contributed by atoms with Gasteiger partial charge in [-0.3, -0.25) is 19.4 Å². The molecule has 2 aromatic rings. The Labute approximate surface area is 251 Å². The maximum absolute atomic E-state index is 15.2. The van der Waals surface area contributed by atoms with Crippen LogP contribution >= 0.6 is 0 Å². The quantitative estimate of drug-likeness (QED) is 0.363. The Morgan fingerprint density at radius 1 is 0.841 bits per heavy atom. The van der Waals surface area contributed by atoms with E-state index in [1.165, 1.54) is 41.0 Å². The van der Waals surface area contributed by atoms with Crippen molar-refractivity contribution in [3.05, 3.63) is 48.0 Å². The molecule has 0 saturated carbocycles. The van der Waals surface area contributed by atoms with Crippen molar-refractivity contribution in [2.24, 2.45) is 0 Å². The standard InChI is InChI=1S/C29H33F2N5O8/c1-16(37)32-11-19-14-35(27(40)42-19)17-5-7-21(23(30)9-17)22-8-6-18(10-24(22)31)36-15-20(43-28(36)41)12-33-25(38)13-34-26(39)44-29(2,3)4/h5-10,19-20H,11-15H2,1-4H3,(H,32,37)(H,33,38)(H,34,39)/t19-,20+/m1/s1. The van der Waals surface area contributed by atoms with E-state index >= 15 is 8.78 Å². The number of carbonyl (C=O) groups is 5. The molecule has 0 aliphatic carbocycles. The number of nitrogens with one attached hydrogen (secondary N) is 3. The van der Waals surface area contributed by atoms with Crippen LogP contribution < -0.4 is 25.8 Å². The Morgan fingerprint density at radius 3 is 1.75 bits per heavy atom. The van der Waals surface area contributed by atoms with E-state index in [-0.39, 0.29) is 61.1 Å². The van der Waals surface area contributed by atoms with Gasteiger partial charge in [0, 0.05) is 18.1 Å². The highest BCUT2D eigenvalue weighted by Crippen LogP contribution is 2.33. The number of anilines is 2. The number of alkyl carbamates (subject to hydrolysis) is 1. The average Bonchev–Trinajstić information content (AvgIpc) is 3.50. The van der Waals surface area contributed by atoms with Crippen molar-refractivity contribution in [3.8, 4) is 11.1 Å². The van der Waals surface area contributed by atoms with Gasteiger partial charge in [-0.2, -0.15) is 0 Å². The molecule has 5 amide bonds. The zero-order valence-corrected chi connectivity index (χ0v) is 24.6. The van der Waals surface area contributed by atoms with Crippen molar-refractivity contribution in [1.82, 2.24) is 16.0 Å². The lowest BCUT2D eigenvalue weighted by molar-refractivity contribution is -0.121. The van der Waals surface area contributed by atoms with E-state index in [9.17, 15) is 24.0 Å². The summed E-state index contributed by atoms with van der Waals surface area (Å²) in [6.07, 6.45) is -3.55. The number of ether oxygens (including phenoxy) is 3. The third-order valence-electron chi connectivity index (χ3n) is 6.46. The lowest BCUT2D eigenvalue weighted by Gasteiger charge is -2.19. The van der Waals surface area contributed by atoms with Crippen LogP contribution in [0.1, 0.15) is 27.7 Å². The highest BCUT2D eigenvalue weighted by atomic mass is 19.1. The normalized spacial score (nSPS) is 18.0. The average molecular weight is 618 g/mol. The van der Waals surface area contributed by atoms with E-state index < -0.39 is 53.6 Å². The van der Waals surface area contributed by atoms with E-state index in [2.05, 4.69) is 16.0 Å². The molecule has 2 aliphatic rings. The lowest BCUT2D eigenvalue weighted by Crippen LogP contribution is -2.42. The summed E-state index contributed by atoms with van der Waals surface area (Å²) in [7, 11) is 0. The summed E-state index contributed by atoms with van der Waals surface area (Å²) in [5, 5.41) is 7.42. The first-order valence-corrected chi connectivity index (χ1v) is 13.7. The Bertz CT molecular complexity index is 1460. The van der Waals surface area contributed by atoms with Gasteiger partial charge in [0.2, 0.25) is 11.8 Å². The van der Waals surface area contributed by atoms with Gasteiger partial charge in [0.15, 0.2) is 0 Å². The van der Waals surface area contributed by atoms with Crippen LogP contribution in [0, 0.1) is 11.6 Å². The van der Waals surface area contributed by atoms with E-state index in [1.54, 1.807) is 20.8 Å². The number of amides is 5. The van der Waals surface area contributed by atoms with Crippen molar-refractivity contribution in [2.75, 3.05) is 42.5 Å². The number of nitrogens with zero attached hydrogens (tertiary/aromatic N) is 2. The van der Waals surface area contributed by atoms with E-state index in [4.69, 9.17) is 14.2 Å². The smallest absolute Gasteiger partial charge is 0.414 e. The van der Waals surface area contributed by atoms with Gasteiger partial charge in [0.1, 0.15) is 29.4 Å². The van der Waals surface area contributed by atoms with E-state index in [1.807, 2.05) is 0 Å². The third kappa shape index (κ3) is 8.11. The van der Waals surface area contributed by atoms with Crippen LogP contribution in [-0.2, 0) is 23.8 Å². The third-order valence-corrected chi connectivity index (χ3v) is 6.46. The van der Waals surface area contributed by atoms with Crippen LogP contribution in [0.15, 0.2) is 36.4 Å². The molecule has 2 aliphatic heterocycles. The minimum absolute atomic E-state index is 0.00924. The van der Waals surface area contributed by atoms with Crippen LogP contribution in [0.2, 0.25) is 0 Å². The van der Waals surface area contributed by atoms with E-state index in [0.717, 1.165) is 12.1 Å². The summed E-state index contributed by atoms with van der Waals surface area (Å²) in [6, 6.07) is 7.69. The first-order valence-electron chi connectivity index (χ1n) is 13.7. The summed E-state index contributed by atoms with van der Waals surface area (Å²) in [6.45, 7) is 6.22. The fourth-order valence-electron chi connectivity index (χ4n) is 4.47. The molecule has 44 heavy (non-hydrogen) atoms. The molecule has 0 bridgehead atoms. The van der Waals surface area contributed by atoms with Gasteiger partial charge in [0.25, 0.3) is 0 Å². The first-order chi connectivity index (χ1) is 20.7. The molecule has 0 radical (unpaired) electrons. The molecule has 13 nitrogen and oxygen atoms in total. The molecule has 3 N–H and O–H groups in total. The monoisotopic (exact) mass is 617 g/mol. The molecular weight excluding hydrogens is 584 g/mol. The van der Waals surface area contributed by atoms with Gasteiger partial charge in [-0.25, -0.2) is 23.2 Å². The number of benzene rings is 2. The fraction of sp³-hybridized carbons (Fsp3) is 0.414. The molecule has 4 rings (SSSR count). The number of hydrogen-bond acceptors (Lipinski definition) is 8. The van der Waals surface area contributed by atoms with Crippen molar-refractivity contribution in [1.29, 1.82) is 0 Å². The minimum Gasteiger partial charge on any atom is -0.444 e. The number of cyclic esters (lactones) is 2. The summed E-state index contributed by atoms with van der Waals surface area (Å²) in [4.78, 5) is 62.0. The van der Waals surface area contributed by atoms with Crippen LogP contribution in [0.25, 0.3) is 11.1 Å². The van der Waals surface area contributed by atoms with Crippen LogP contribution in [0.4, 0.5) is 34.5 Å². The molecule has 2 saturated heterocycles. The molecule has 2 aromatic carbocycles. The fourth-order valence-corrected chi connectivity index (χ4v) is 4.47. The predicted molar refractivity (Wildman–Crippen MR) is 153 cm³/mol. The predicted octanol–water partition coefficient (Wildman–Crippen LogP) is 3.06. The molecule has 0 unspecified atom stereocenters. The molecule has 15 heteroatoms. The number of halogens is 2. The second-order valence-electron chi connectivity index (χ2n) is 11.2. The summed E-state index contributed by atoms with van der Waals surface area (Å²) >= 11 is 0. The van der Waals surface area contributed by atoms with Gasteiger partial charge < -0.3 is 30.2 Å². The van der Waals surface area contributed by atoms with Crippen molar-refractivity contribution < 1.29 is 47.0 Å². The van der Waals surface area contributed by atoms with Crippen molar-refractivity contribution >= 4 is 41.5 Å². The minimum atomic E-state index is -0.803. The Kier molecular flexibility index (Phi) is 9.55. The summed E-state index contributed by atoms with van der Waals surface area (Å²) < 4.78 is 45.8. The van der Waals surface area contributed by atoms with Crippen molar-refractivity contribution in [2.45, 2.75) is 45.5 Å². The number of rotatable bonds is 9. The van der Waals surface area contributed by atoms with Gasteiger partial charge in [0.05, 0.1) is 44.1 Å². The molecule has 0 aromatic heterocycles. The maximum Gasteiger partial charge on any atom is 0.414 e. The summed E-state index contributed by atoms with van der Waals surface area (Å²) in [5.41, 5.74) is -0.482. The second-order valence-corrected chi connectivity index (χ2v) is 11.2. The Balaban J connectivity index is 1.34. The number of carbonyl (C=O) groups excluding carboxylic acids is 5. The van der Waals surface area contributed by atoms with Gasteiger partial charge >= 0.3 is 18.3 Å². The zero-order valence-electron chi connectivity index (χ0n) is 24.6. The first kappa shape index (κ1) is 32.0. The van der Waals surface area contributed by atoms with E-state index in [0.29, 0.717) is 0 Å². The molecular formula is C29H33F2N5O8. The molecule has 2 atom stereocenters. The molecule has 2 heterocycles. The van der Waals surface area contributed by atoms with Gasteiger partial charge in [-0.05, 0) is 57.2 Å². The topological polar surface area (TPSA) is 156 Å². The number of hydrogen-bond donors (Lipinski definition) is 3. The summed E-state index contributed by atoms with van der Waals surface area (Å²) in [5.74, 6) is -2.40. The van der Waals surface area contributed by atoms with Crippen LogP contribution in [0.3, 0.4) is 0 Å². The van der Waals surface area contributed by atoms with Crippen LogP contribution in [0.5, 0.6) is 0 Å². The Morgan fingerprint density at radius 2 is 1.32 bits per heavy atom. The SMILES string of the molecule is CC(=O)NC[C@@H]1CN(c2ccc(-c3ccc(N4C[C@H](CNC(=O)CNC(=O)OC(C)(C)C)OC4=O)cc3F)c(F)c2)C(=O)O1. The lowest BCUT2D eigenvalue weighted by atomic mass is 10.0. The van der Waals surface area contributed by atoms with Crippen LogP contribution in [-0.4, -0.2) is 80.6 Å². The molecule has 236 valence electrons.